The molecule has 0 aliphatic rings. The van der Waals surface area contributed by atoms with Gasteiger partial charge in [-0.05, 0) is 42.5 Å². The topological polar surface area (TPSA) is 333 Å². The molecule has 5 aromatic rings. The molecule has 0 atom stereocenters. The fourth-order valence-electron chi connectivity index (χ4n) is 4.46. The van der Waals surface area contributed by atoms with E-state index in [0.717, 1.165) is 18.2 Å². The van der Waals surface area contributed by atoms with Crippen molar-refractivity contribution in [3.8, 4) is 17.5 Å². The summed E-state index contributed by atoms with van der Waals surface area (Å²) >= 11 is 0. The first-order valence-electron chi connectivity index (χ1n) is 13.4. The summed E-state index contributed by atoms with van der Waals surface area (Å²) in [4.78, 5) is 33.8. The molecule has 1 amide bonds. The fraction of sp³-hybridized carbons (Fsp3) is 0. The Hall–Kier alpha value is -6.53. The molecule has 23 heteroatoms. The molecule has 258 valence electrons. The molecular weight excluding hydrogens is 704 g/mol. The number of ether oxygens (including phenoxy) is 1. The summed E-state index contributed by atoms with van der Waals surface area (Å²) in [6.07, 6.45) is 0. The second-order valence-corrected chi connectivity index (χ2v) is 12.3. The zero-order valence-corrected chi connectivity index (χ0v) is 26.4. The van der Waals surface area contributed by atoms with E-state index in [1.165, 1.54) is 36.4 Å². The van der Waals surface area contributed by atoms with E-state index in [2.05, 4.69) is 40.1 Å². The molecule has 0 unspecified atom stereocenters. The first-order valence-corrected chi connectivity index (χ1v) is 16.3. The summed E-state index contributed by atoms with van der Waals surface area (Å²) < 4.78 is 69.7. The van der Waals surface area contributed by atoms with Crippen molar-refractivity contribution in [2.24, 2.45) is 21.9 Å². The molecular formula is C27H22N10O11S2. The van der Waals surface area contributed by atoms with E-state index < -0.39 is 65.1 Å². The number of aromatic hydroxyl groups is 2. The Morgan fingerprint density at radius 1 is 0.860 bits per heavy atom. The van der Waals surface area contributed by atoms with Gasteiger partial charge in [0.05, 0.1) is 33.7 Å². The number of rotatable bonds is 13. The van der Waals surface area contributed by atoms with Crippen molar-refractivity contribution in [1.29, 1.82) is 0 Å². The number of azo groups is 1. The largest absolute Gasteiger partial charge is 0.505 e. The van der Waals surface area contributed by atoms with Crippen LogP contribution in [0.5, 0.6) is 17.5 Å². The van der Waals surface area contributed by atoms with Crippen LogP contribution in [0.1, 0.15) is 10.4 Å². The van der Waals surface area contributed by atoms with Crippen LogP contribution in [-0.2, 0) is 29.5 Å². The number of nitrogens with zero attached hydrogens (tertiary/aromatic N) is 5. The first kappa shape index (κ1) is 34.8. The van der Waals surface area contributed by atoms with Crippen molar-refractivity contribution in [2.75, 3.05) is 15.4 Å². The van der Waals surface area contributed by atoms with Crippen LogP contribution in [0.2, 0.25) is 0 Å². The van der Waals surface area contributed by atoms with Gasteiger partial charge in [-0.2, -0.15) is 42.0 Å². The quantitative estimate of drug-likeness (QED) is 0.0374. The number of carbonyl (C=O) groups excluding carboxylic acids is 2. The number of hydrogen-bond acceptors (Lipinski definition) is 18. The van der Waals surface area contributed by atoms with Crippen LogP contribution < -0.4 is 31.7 Å². The number of primary amides is 1. The fourth-order valence-corrected chi connectivity index (χ4v) is 5.67. The number of carbonyl (C=O) groups is 2. The predicted octanol–water partition coefficient (Wildman–Crippen LogP) is 2.77. The minimum Gasteiger partial charge on any atom is -0.505 e. The monoisotopic (exact) mass is 726 g/mol. The lowest BCUT2D eigenvalue weighted by molar-refractivity contribution is -0.120. The molecule has 1 heterocycles. The number of aromatic nitrogens is 3. The highest BCUT2D eigenvalue weighted by molar-refractivity contribution is 7.87. The molecule has 50 heavy (non-hydrogen) atoms. The minimum absolute atomic E-state index is 0.0844. The van der Waals surface area contributed by atoms with Gasteiger partial charge in [-0.3, -0.25) is 18.9 Å². The van der Waals surface area contributed by atoms with Crippen molar-refractivity contribution >= 4 is 83.9 Å². The van der Waals surface area contributed by atoms with E-state index in [9.17, 15) is 41.2 Å². The minimum atomic E-state index is -5.09. The maximum atomic E-state index is 12.8. The Morgan fingerprint density at radius 2 is 1.52 bits per heavy atom. The zero-order valence-electron chi connectivity index (χ0n) is 24.7. The maximum Gasteiger partial charge on any atom is 0.357 e. The van der Waals surface area contributed by atoms with Gasteiger partial charge in [0.2, 0.25) is 11.9 Å². The second kappa shape index (κ2) is 13.9. The zero-order chi connectivity index (χ0) is 36.2. The lowest BCUT2D eigenvalue weighted by atomic mass is 10.0. The van der Waals surface area contributed by atoms with Crippen LogP contribution in [0, 0.1) is 0 Å². The number of nitrogens with two attached hydrogens (primary N) is 2. The highest BCUT2D eigenvalue weighted by Gasteiger charge is 2.26. The van der Waals surface area contributed by atoms with Gasteiger partial charge in [0.25, 0.3) is 12.4 Å². The van der Waals surface area contributed by atoms with Gasteiger partial charge in [-0.25, -0.2) is 0 Å². The van der Waals surface area contributed by atoms with Crippen molar-refractivity contribution < 1.29 is 50.2 Å². The average molecular weight is 727 g/mol. The van der Waals surface area contributed by atoms with Gasteiger partial charge >= 0.3 is 26.4 Å². The molecule has 0 radical (unpaired) electrons. The van der Waals surface area contributed by atoms with Crippen LogP contribution in [0.15, 0.2) is 81.9 Å². The van der Waals surface area contributed by atoms with Gasteiger partial charge in [0.1, 0.15) is 4.90 Å². The molecule has 5 rings (SSSR count). The SMILES string of the molecule is NOS(=O)(=O)c1ccc(Nc2nc(O)nc(Nc3ccccc3OC=O)n2)c2c(O)c(N=Nc3ccccc3C(N)=O)c(NS(=O)(=O)O)cc12. The van der Waals surface area contributed by atoms with E-state index in [1.807, 2.05) is 0 Å². The Kier molecular flexibility index (Phi) is 9.68. The molecule has 0 saturated carbocycles. The third kappa shape index (κ3) is 7.61. The van der Waals surface area contributed by atoms with E-state index in [1.54, 1.807) is 16.9 Å². The number of nitrogens with one attached hydrogen (secondary N) is 3. The molecule has 10 N–H and O–H groups in total. The standard InChI is InChI=1S/C27H22N10O11S2/c28-24(40)13-5-1-2-6-15(13)35-36-22-18(37-50(44,45)46)11-14-20(49(42,43)48-29)10-9-17(21(14)23(22)39)31-26-32-25(33-27(41)34-26)30-16-7-3-4-8-19(16)47-12-38/h1-12,37,39H,29H2,(H2,28,40)(H,44,45,46)(H3,30,31,32,33,34,41). The number of fused-ring (bicyclic) bond motifs is 1. The van der Waals surface area contributed by atoms with Gasteiger partial charge in [0, 0.05) is 5.39 Å². The summed E-state index contributed by atoms with van der Waals surface area (Å²) in [5.74, 6) is 2.59. The van der Waals surface area contributed by atoms with Gasteiger partial charge < -0.3 is 31.3 Å². The van der Waals surface area contributed by atoms with Crippen LogP contribution in [0.4, 0.5) is 40.3 Å². The number of amides is 1. The average Bonchev–Trinajstić information content (AvgIpc) is 3.04. The molecule has 21 nitrogen and oxygen atoms in total. The highest BCUT2D eigenvalue weighted by atomic mass is 32.2. The number of phenolic OH excluding ortho intramolecular Hbond substituents is 1. The lowest BCUT2D eigenvalue weighted by Crippen LogP contribution is -2.13. The van der Waals surface area contributed by atoms with Gasteiger partial charge in [0.15, 0.2) is 17.2 Å². The third-order valence-corrected chi connectivity index (χ3v) is 8.08. The highest BCUT2D eigenvalue weighted by Crippen LogP contribution is 2.47. The van der Waals surface area contributed by atoms with Crippen LogP contribution in [-0.4, -0.2) is 58.9 Å². The number of phenols is 1. The summed E-state index contributed by atoms with van der Waals surface area (Å²) in [7, 11) is -9.86. The number of para-hydroxylation sites is 2. The van der Waals surface area contributed by atoms with E-state index >= 15 is 0 Å². The van der Waals surface area contributed by atoms with Crippen molar-refractivity contribution in [3.05, 3.63) is 72.3 Å². The Morgan fingerprint density at radius 3 is 2.18 bits per heavy atom. The molecule has 4 aromatic carbocycles. The Labute approximate surface area is 280 Å². The van der Waals surface area contributed by atoms with E-state index in [-0.39, 0.29) is 46.7 Å². The molecule has 0 bridgehead atoms. The molecule has 0 aliphatic heterocycles. The predicted molar refractivity (Wildman–Crippen MR) is 174 cm³/mol. The lowest BCUT2D eigenvalue weighted by Gasteiger charge is -2.17. The van der Waals surface area contributed by atoms with Crippen LogP contribution in [0.25, 0.3) is 10.8 Å². The molecule has 0 spiro atoms. The second-order valence-electron chi connectivity index (χ2n) is 9.61. The van der Waals surface area contributed by atoms with Crippen molar-refractivity contribution in [1.82, 2.24) is 15.0 Å². The van der Waals surface area contributed by atoms with Gasteiger partial charge in [-0.15, -0.1) is 10.2 Å². The summed E-state index contributed by atoms with van der Waals surface area (Å²) in [6, 6.07) is 13.9. The van der Waals surface area contributed by atoms with Crippen molar-refractivity contribution in [2.45, 2.75) is 4.90 Å². The first-order chi connectivity index (χ1) is 23.7. The third-order valence-electron chi connectivity index (χ3n) is 6.45. The number of anilines is 5. The summed E-state index contributed by atoms with van der Waals surface area (Å²) in [5.41, 5.74) is 3.84. The van der Waals surface area contributed by atoms with E-state index in [0.29, 0.717) is 0 Å². The van der Waals surface area contributed by atoms with Crippen molar-refractivity contribution in [3.63, 3.8) is 0 Å². The Balaban J connectivity index is 1.72. The number of benzene rings is 4. The molecule has 1 aromatic heterocycles. The molecule has 0 aliphatic carbocycles. The Bertz CT molecular complexity index is 2410. The summed E-state index contributed by atoms with van der Waals surface area (Å²) in [6.45, 7) is 0.191. The van der Waals surface area contributed by atoms with Crippen LogP contribution in [0.3, 0.4) is 0 Å². The normalized spacial score (nSPS) is 11.7. The molecule has 0 saturated heterocycles. The summed E-state index contributed by atoms with van der Waals surface area (Å²) in [5, 5.41) is 34.2. The number of hydrogen-bond donors (Lipinski definition) is 8. The van der Waals surface area contributed by atoms with Gasteiger partial charge in [-0.1, -0.05) is 24.3 Å². The van der Waals surface area contributed by atoms with Crippen LogP contribution >= 0.6 is 0 Å². The maximum absolute atomic E-state index is 12.8. The molecule has 0 fully saturated rings. The smallest absolute Gasteiger partial charge is 0.357 e. The van der Waals surface area contributed by atoms with E-state index in [4.69, 9.17) is 16.4 Å².